The van der Waals surface area contributed by atoms with E-state index in [0.717, 1.165) is 5.82 Å². The van der Waals surface area contributed by atoms with Gasteiger partial charge in [-0.1, -0.05) is 19.3 Å². The molecule has 3 heteroatoms. The average Bonchev–Trinajstić information content (AvgIpc) is 2.63. The highest BCUT2D eigenvalue weighted by atomic mass is 16.3. The molecule has 0 bridgehead atoms. The van der Waals surface area contributed by atoms with Crippen molar-refractivity contribution in [3.63, 3.8) is 0 Å². The molecule has 1 N–H and O–H groups in total. The lowest BCUT2D eigenvalue weighted by Gasteiger charge is -2.22. The average molecular weight is 208 g/mol. The molecule has 0 aliphatic heterocycles. The Kier molecular flexibility index (Phi) is 3.41. The first-order valence-electron chi connectivity index (χ1n) is 5.94. The summed E-state index contributed by atoms with van der Waals surface area (Å²) in [5.74, 6) is 1.71. The lowest BCUT2D eigenvalue weighted by Crippen LogP contribution is -2.10. The van der Waals surface area contributed by atoms with Crippen molar-refractivity contribution in [1.29, 1.82) is 0 Å². The van der Waals surface area contributed by atoms with Crippen molar-refractivity contribution in [3.8, 4) is 0 Å². The highest BCUT2D eigenvalue weighted by Gasteiger charge is 2.19. The molecule has 0 atom stereocenters. The van der Waals surface area contributed by atoms with Gasteiger partial charge in [-0.2, -0.15) is 0 Å². The minimum absolute atomic E-state index is 0.189. The summed E-state index contributed by atoms with van der Waals surface area (Å²) >= 11 is 0. The van der Waals surface area contributed by atoms with Gasteiger partial charge >= 0.3 is 0 Å². The van der Waals surface area contributed by atoms with E-state index >= 15 is 0 Å². The zero-order valence-corrected chi connectivity index (χ0v) is 9.45. The summed E-state index contributed by atoms with van der Waals surface area (Å²) in [6.07, 6.45) is 9.37. The van der Waals surface area contributed by atoms with Crippen molar-refractivity contribution in [2.45, 2.75) is 44.4 Å². The summed E-state index contributed by atoms with van der Waals surface area (Å²) < 4.78 is 2.17. The number of aromatic nitrogens is 2. The maximum atomic E-state index is 8.91. The highest BCUT2D eigenvalue weighted by Crippen LogP contribution is 2.32. The maximum absolute atomic E-state index is 8.91. The predicted molar refractivity (Wildman–Crippen MR) is 59.8 cm³/mol. The zero-order chi connectivity index (χ0) is 10.7. The van der Waals surface area contributed by atoms with E-state index in [1.54, 1.807) is 0 Å². The molecule has 1 aromatic rings. The normalized spacial score (nSPS) is 18.3. The Balaban J connectivity index is 2.13. The molecule has 2 rings (SSSR count). The Bertz CT molecular complexity index is 313. The fourth-order valence-electron chi connectivity index (χ4n) is 2.57. The summed E-state index contributed by atoms with van der Waals surface area (Å²) in [7, 11) is 2.07. The van der Waals surface area contributed by atoms with Crippen LogP contribution in [0.25, 0.3) is 0 Å². The molecule has 84 valence electrons. The van der Waals surface area contributed by atoms with Crippen LogP contribution in [0.15, 0.2) is 6.20 Å². The van der Waals surface area contributed by atoms with Crippen LogP contribution in [-0.2, 0) is 13.5 Å². The molecule has 3 nitrogen and oxygen atoms in total. The van der Waals surface area contributed by atoms with Crippen LogP contribution >= 0.6 is 0 Å². The Hall–Kier alpha value is -0.830. The van der Waals surface area contributed by atoms with E-state index in [-0.39, 0.29) is 6.61 Å². The fraction of sp³-hybridized carbons (Fsp3) is 0.750. The molecule has 1 heterocycles. The second kappa shape index (κ2) is 4.79. The van der Waals surface area contributed by atoms with Crippen LogP contribution < -0.4 is 0 Å². The predicted octanol–water partition coefficient (Wildman–Crippen LogP) is 2.00. The molecular weight excluding hydrogens is 188 g/mol. The Labute approximate surface area is 91.1 Å². The van der Waals surface area contributed by atoms with E-state index in [1.807, 2.05) is 6.20 Å². The summed E-state index contributed by atoms with van der Waals surface area (Å²) in [6.45, 7) is 0.189. The topological polar surface area (TPSA) is 38.0 Å². The molecule has 1 aliphatic carbocycles. The highest BCUT2D eigenvalue weighted by molar-refractivity contribution is 5.11. The van der Waals surface area contributed by atoms with Crippen LogP contribution in [0.5, 0.6) is 0 Å². The van der Waals surface area contributed by atoms with Crippen LogP contribution in [0, 0.1) is 0 Å². The molecule has 1 aliphatic rings. The van der Waals surface area contributed by atoms with Crippen LogP contribution in [0.1, 0.15) is 49.5 Å². The Morgan fingerprint density at radius 2 is 2.13 bits per heavy atom. The minimum Gasteiger partial charge on any atom is -0.396 e. The van der Waals surface area contributed by atoms with Crippen molar-refractivity contribution >= 4 is 0 Å². The number of aliphatic hydroxyl groups is 1. The Morgan fingerprint density at radius 3 is 2.80 bits per heavy atom. The lowest BCUT2D eigenvalue weighted by molar-refractivity contribution is 0.295. The van der Waals surface area contributed by atoms with Crippen molar-refractivity contribution < 1.29 is 5.11 Å². The molecule has 15 heavy (non-hydrogen) atoms. The van der Waals surface area contributed by atoms with Crippen molar-refractivity contribution in [3.05, 3.63) is 17.7 Å². The van der Waals surface area contributed by atoms with Crippen LogP contribution in [0.3, 0.4) is 0 Å². The van der Waals surface area contributed by atoms with E-state index in [9.17, 15) is 0 Å². The molecule has 1 fully saturated rings. The lowest BCUT2D eigenvalue weighted by atomic mass is 9.87. The molecule has 0 aromatic carbocycles. The van der Waals surface area contributed by atoms with E-state index in [1.165, 1.54) is 37.8 Å². The maximum Gasteiger partial charge on any atom is 0.110 e. The number of nitrogens with zero attached hydrogens (tertiary/aromatic N) is 2. The molecule has 0 amide bonds. The minimum atomic E-state index is 0.189. The first kappa shape index (κ1) is 10.7. The third-order valence-electron chi connectivity index (χ3n) is 3.48. The van der Waals surface area contributed by atoms with E-state index in [4.69, 9.17) is 5.11 Å². The molecule has 1 aromatic heterocycles. The van der Waals surface area contributed by atoms with Crippen LogP contribution in [-0.4, -0.2) is 21.3 Å². The molecule has 0 saturated heterocycles. The first-order valence-corrected chi connectivity index (χ1v) is 5.94. The van der Waals surface area contributed by atoms with Gasteiger partial charge in [-0.25, -0.2) is 4.98 Å². The summed E-state index contributed by atoms with van der Waals surface area (Å²) in [5.41, 5.74) is 1.36. The zero-order valence-electron chi connectivity index (χ0n) is 9.45. The second-order valence-corrected chi connectivity index (χ2v) is 4.47. The number of aliphatic hydroxyl groups excluding tert-OH is 1. The third-order valence-corrected chi connectivity index (χ3v) is 3.48. The van der Waals surface area contributed by atoms with Gasteiger partial charge in [-0.15, -0.1) is 0 Å². The standard InChI is InChI=1S/C12H20N2O/c1-14-11(9-13-12(14)7-8-15)10-5-3-2-4-6-10/h9-10,15H,2-8H2,1H3. The van der Waals surface area contributed by atoms with Gasteiger partial charge < -0.3 is 9.67 Å². The molecular formula is C12H20N2O. The van der Waals surface area contributed by atoms with Gasteiger partial charge in [0.15, 0.2) is 0 Å². The molecule has 0 spiro atoms. The van der Waals surface area contributed by atoms with Gasteiger partial charge in [-0.05, 0) is 12.8 Å². The number of hydrogen-bond acceptors (Lipinski definition) is 2. The first-order chi connectivity index (χ1) is 7.33. The van der Waals surface area contributed by atoms with Crippen molar-refractivity contribution in [2.75, 3.05) is 6.61 Å². The van der Waals surface area contributed by atoms with Gasteiger partial charge in [0.2, 0.25) is 0 Å². The van der Waals surface area contributed by atoms with E-state index < -0.39 is 0 Å². The van der Waals surface area contributed by atoms with Gasteiger partial charge in [0, 0.05) is 31.3 Å². The summed E-state index contributed by atoms with van der Waals surface area (Å²) in [5, 5.41) is 8.91. The van der Waals surface area contributed by atoms with Gasteiger partial charge in [0.1, 0.15) is 5.82 Å². The van der Waals surface area contributed by atoms with Crippen molar-refractivity contribution in [2.24, 2.45) is 7.05 Å². The number of rotatable bonds is 3. The SMILES string of the molecule is Cn1c(C2CCCCC2)cnc1CCO. The summed E-state index contributed by atoms with van der Waals surface area (Å²) in [4.78, 5) is 4.38. The molecule has 0 radical (unpaired) electrons. The van der Waals surface area contributed by atoms with Gasteiger partial charge in [0.05, 0.1) is 6.61 Å². The van der Waals surface area contributed by atoms with Crippen LogP contribution in [0.2, 0.25) is 0 Å². The van der Waals surface area contributed by atoms with Crippen molar-refractivity contribution in [1.82, 2.24) is 9.55 Å². The monoisotopic (exact) mass is 208 g/mol. The second-order valence-electron chi connectivity index (χ2n) is 4.47. The fourth-order valence-corrected chi connectivity index (χ4v) is 2.57. The number of hydrogen-bond donors (Lipinski definition) is 1. The quantitative estimate of drug-likeness (QED) is 0.825. The third kappa shape index (κ3) is 2.23. The van der Waals surface area contributed by atoms with Gasteiger partial charge in [-0.3, -0.25) is 0 Å². The molecule has 0 unspecified atom stereocenters. The summed E-state index contributed by atoms with van der Waals surface area (Å²) in [6, 6.07) is 0. The largest absolute Gasteiger partial charge is 0.396 e. The number of imidazole rings is 1. The van der Waals surface area contributed by atoms with E-state index in [2.05, 4.69) is 16.6 Å². The van der Waals surface area contributed by atoms with Crippen LogP contribution in [0.4, 0.5) is 0 Å². The smallest absolute Gasteiger partial charge is 0.110 e. The Morgan fingerprint density at radius 1 is 1.40 bits per heavy atom. The molecule has 1 saturated carbocycles. The van der Waals surface area contributed by atoms with Gasteiger partial charge in [0.25, 0.3) is 0 Å². The van der Waals surface area contributed by atoms with E-state index in [0.29, 0.717) is 12.3 Å².